The van der Waals surface area contributed by atoms with E-state index in [-0.39, 0.29) is 5.91 Å². The summed E-state index contributed by atoms with van der Waals surface area (Å²) < 4.78 is 0. The zero-order valence-corrected chi connectivity index (χ0v) is 9.12. The van der Waals surface area contributed by atoms with E-state index >= 15 is 0 Å². The van der Waals surface area contributed by atoms with Crippen molar-refractivity contribution in [1.29, 1.82) is 0 Å². The van der Waals surface area contributed by atoms with Crippen molar-refractivity contribution in [2.45, 2.75) is 32.2 Å². The first-order valence-electron chi connectivity index (χ1n) is 5.64. The van der Waals surface area contributed by atoms with Crippen LogP contribution in [-0.2, 0) is 4.79 Å². The van der Waals surface area contributed by atoms with E-state index in [1.54, 1.807) is 0 Å². The smallest absolute Gasteiger partial charge is 0.236 e. The van der Waals surface area contributed by atoms with Crippen LogP contribution in [0.25, 0.3) is 0 Å². The SMILES string of the molecule is CC1CC1CN(C)C(=O)CNC1CC1. The van der Waals surface area contributed by atoms with E-state index in [9.17, 15) is 4.79 Å². The predicted octanol–water partition coefficient (Wildman–Crippen LogP) is 0.853. The molecule has 3 nitrogen and oxygen atoms in total. The lowest BCUT2D eigenvalue weighted by Crippen LogP contribution is -2.37. The zero-order valence-electron chi connectivity index (χ0n) is 9.12. The van der Waals surface area contributed by atoms with Gasteiger partial charge in [0, 0.05) is 19.6 Å². The highest BCUT2D eigenvalue weighted by atomic mass is 16.2. The van der Waals surface area contributed by atoms with Gasteiger partial charge < -0.3 is 10.2 Å². The molecule has 2 fully saturated rings. The summed E-state index contributed by atoms with van der Waals surface area (Å²) in [6.45, 7) is 3.74. The summed E-state index contributed by atoms with van der Waals surface area (Å²) in [5.41, 5.74) is 0. The molecule has 2 rings (SSSR count). The van der Waals surface area contributed by atoms with E-state index < -0.39 is 0 Å². The lowest BCUT2D eigenvalue weighted by Gasteiger charge is -2.17. The Morgan fingerprint density at radius 3 is 2.64 bits per heavy atom. The van der Waals surface area contributed by atoms with Gasteiger partial charge in [0.15, 0.2) is 0 Å². The van der Waals surface area contributed by atoms with Gasteiger partial charge >= 0.3 is 0 Å². The Hall–Kier alpha value is -0.570. The number of hydrogen-bond donors (Lipinski definition) is 1. The Bertz CT molecular complexity index is 225. The number of nitrogens with zero attached hydrogens (tertiary/aromatic N) is 1. The van der Waals surface area contributed by atoms with Gasteiger partial charge in [-0.3, -0.25) is 4.79 Å². The monoisotopic (exact) mass is 196 g/mol. The van der Waals surface area contributed by atoms with Crippen LogP contribution in [0.3, 0.4) is 0 Å². The van der Waals surface area contributed by atoms with Gasteiger partial charge in [-0.15, -0.1) is 0 Å². The molecule has 0 bridgehead atoms. The maximum Gasteiger partial charge on any atom is 0.236 e. The van der Waals surface area contributed by atoms with E-state index in [2.05, 4.69) is 12.2 Å². The molecule has 0 aromatic carbocycles. The fourth-order valence-corrected chi connectivity index (χ4v) is 1.76. The highest BCUT2D eigenvalue weighted by Crippen LogP contribution is 2.37. The van der Waals surface area contributed by atoms with Gasteiger partial charge in [-0.05, 0) is 31.1 Å². The molecule has 80 valence electrons. The van der Waals surface area contributed by atoms with Crippen molar-refractivity contribution >= 4 is 5.91 Å². The molecule has 0 spiro atoms. The van der Waals surface area contributed by atoms with Crippen molar-refractivity contribution < 1.29 is 4.79 Å². The zero-order chi connectivity index (χ0) is 10.1. The molecule has 14 heavy (non-hydrogen) atoms. The van der Waals surface area contributed by atoms with E-state index in [1.807, 2.05) is 11.9 Å². The van der Waals surface area contributed by atoms with Crippen LogP contribution in [0.5, 0.6) is 0 Å². The first-order valence-corrected chi connectivity index (χ1v) is 5.64. The number of hydrogen-bond acceptors (Lipinski definition) is 2. The molecule has 3 heteroatoms. The van der Waals surface area contributed by atoms with Crippen molar-refractivity contribution in [3.05, 3.63) is 0 Å². The molecule has 2 atom stereocenters. The number of amides is 1. The third-order valence-electron chi connectivity index (χ3n) is 3.33. The average molecular weight is 196 g/mol. The van der Waals surface area contributed by atoms with Crippen LogP contribution < -0.4 is 5.32 Å². The van der Waals surface area contributed by atoms with E-state index in [0.717, 1.165) is 18.4 Å². The second-order valence-electron chi connectivity index (χ2n) is 4.90. The maximum atomic E-state index is 11.6. The second-order valence-corrected chi connectivity index (χ2v) is 4.90. The van der Waals surface area contributed by atoms with Gasteiger partial charge in [0.05, 0.1) is 6.54 Å². The van der Waals surface area contributed by atoms with Crippen LogP contribution in [0.2, 0.25) is 0 Å². The molecule has 0 radical (unpaired) electrons. The van der Waals surface area contributed by atoms with E-state index in [4.69, 9.17) is 0 Å². The lowest BCUT2D eigenvalue weighted by atomic mass is 10.3. The summed E-state index contributed by atoms with van der Waals surface area (Å²) in [4.78, 5) is 13.5. The normalized spacial score (nSPS) is 30.1. The van der Waals surface area contributed by atoms with Gasteiger partial charge in [-0.2, -0.15) is 0 Å². The van der Waals surface area contributed by atoms with Gasteiger partial charge in [-0.1, -0.05) is 6.92 Å². The molecule has 2 aliphatic carbocycles. The minimum atomic E-state index is 0.246. The first-order chi connectivity index (χ1) is 6.66. The molecule has 0 heterocycles. The molecular formula is C11H20N2O. The van der Waals surface area contributed by atoms with Crippen LogP contribution in [0.1, 0.15) is 26.2 Å². The third kappa shape index (κ3) is 2.71. The number of nitrogens with one attached hydrogen (secondary N) is 1. The van der Waals surface area contributed by atoms with Gasteiger partial charge in [-0.25, -0.2) is 0 Å². The van der Waals surface area contributed by atoms with Crippen molar-refractivity contribution in [2.24, 2.45) is 11.8 Å². The Morgan fingerprint density at radius 1 is 1.50 bits per heavy atom. The predicted molar refractivity (Wildman–Crippen MR) is 55.9 cm³/mol. The van der Waals surface area contributed by atoms with Crippen molar-refractivity contribution in [3.63, 3.8) is 0 Å². The van der Waals surface area contributed by atoms with Crippen LogP contribution in [0.4, 0.5) is 0 Å². The Kier molecular flexibility index (Phi) is 2.77. The second kappa shape index (κ2) is 3.89. The molecule has 0 aromatic heterocycles. The summed E-state index contributed by atoms with van der Waals surface area (Å²) in [6, 6.07) is 0.632. The summed E-state index contributed by atoms with van der Waals surface area (Å²) in [6.07, 6.45) is 3.79. The standard InChI is InChI=1S/C11H20N2O/c1-8-5-9(8)7-13(2)11(14)6-12-10-3-4-10/h8-10,12H,3-7H2,1-2H3. The van der Waals surface area contributed by atoms with Crippen molar-refractivity contribution in [2.75, 3.05) is 20.1 Å². The number of likely N-dealkylation sites (N-methyl/N-ethyl adjacent to an activating group) is 1. The molecule has 1 amide bonds. The summed E-state index contributed by atoms with van der Waals surface area (Å²) >= 11 is 0. The van der Waals surface area contributed by atoms with Gasteiger partial charge in [0.1, 0.15) is 0 Å². The Balaban J connectivity index is 1.62. The topological polar surface area (TPSA) is 32.3 Å². The number of carbonyl (C=O) groups is 1. The van der Waals surface area contributed by atoms with Crippen LogP contribution in [-0.4, -0.2) is 37.0 Å². The third-order valence-corrected chi connectivity index (χ3v) is 3.33. The van der Waals surface area contributed by atoms with E-state index in [1.165, 1.54) is 19.3 Å². The minimum absolute atomic E-state index is 0.246. The highest BCUT2D eigenvalue weighted by Gasteiger charge is 2.34. The van der Waals surface area contributed by atoms with E-state index in [0.29, 0.717) is 12.6 Å². The molecule has 0 aromatic rings. The quantitative estimate of drug-likeness (QED) is 0.707. The highest BCUT2D eigenvalue weighted by molar-refractivity contribution is 5.78. The Labute approximate surface area is 85.8 Å². The minimum Gasteiger partial charge on any atom is -0.344 e. The van der Waals surface area contributed by atoms with Crippen LogP contribution >= 0.6 is 0 Å². The molecule has 1 N–H and O–H groups in total. The maximum absolute atomic E-state index is 11.6. The average Bonchev–Trinajstić information content (AvgIpc) is 3.01. The lowest BCUT2D eigenvalue weighted by molar-refractivity contribution is -0.129. The fourth-order valence-electron chi connectivity index (χ4n) is 1.76. The largest absolute Gasteiger partial charge is 0.344 e. The molecular weight excluding hydrogens is 176 g/mol. The molecule has 2 aliphatic rings. The van der Waals surface area contributed by atoms with Crippen LogP contribution in [0.15, 0.2) is 0 Å². The molecule has 0 saturated heterocycles. The summed E-state index contributed by atoms with van der Waals surface area (Å²) in [5, 5.41) is 3.25. The number of carbonyl (C=O) groups excluding carboxylic acids is 1. The first kappa shape index (κ1) is 9.97. The number of rotatable bonds is 5. The fraction of sp³-hybridized carbons (Fsp3) is 0.909. The summed E-state index contributed by atoms with van der Waals surface area (Å²) in [5.74, 6) is 1.85. The van der Waals surface area contributed by atoms with Gasteiger partial charge in [0.2, 0.25) is 5.91 Å². The van der Waals surface area contributed by atoms with Crippen LogP contribution in [0, 0.1) is 11.8 Å². The molecule has 2 unspecified atom stereocenters. The van der Waals surface area contributed by atoms with Crippen molar-refractivity contribution in [3.8, 4) is 0 Å². The van der Waals surface area contributed by atoms with Crippen molar-refractivity contribution in [1.82, 2.24) is 10.2 Å². The summed E-state index contributed by atoms with van der Waals surface area (Å²) in [7, 11) is 1.92. The molecule has 0 aliphatic heterocycles. The molecule has 2 saturated carbocycles. The Morgan fingerprint density at radius 2 is 2.14 bits per heavy atom. The van der Waals surface area contributed by atoms with Gasteiger partial charge in [0.25, 0.3) is 0 Å².